The highest BCUT2D eigenvalue weighted by Gasteiger charge is 2.45. The molecule has 0 saturated carbocycles. The van der Waals surface area contributed by atoms with Gasteiger partial charge in [-0.05, 0) is 39.0 Å². The number of hydrogen-bond donors (Lipinski definition) is 1. The van der Waals surface area contributed by atoms with Crippen LogP contribution in [0.25, 0.3) is 0 Å². The molecule has 0 radical (unpaired) electrons. The quantitative estimate of drug-likeness (QED) is 0.923. The third-order valence-electron chi connectivity index (χ3n) is 3.21. The Bertz CT molecular complexity index is 545. The summed E-state index contributed by atoms with van der Waals surface area (Å²) in [5.41, 5.74) is -1.29. The first-order chi connectivity index (χ1) is 9.12. The Labute approximate surface area is 128 Å². The first kappa shape index (κ1) is 16.8. The molecule has 0 aliphatic heterocycles. The number of carboxylic acids is 1. The van der Waals surface area contributed by atoms with E-state index in [-0.39, 0.29) is 17.0 Å². The lowest BCUT2D eigenvalue weighted by molar-refractivity contribution is -0.160. The van der Waals surface area contributed by atoms with Gasteiger partial charge in [0.1, 0.15) is 0 Å². The highest BCUT2D eigenvalue weighted by Crippen LogP contribution is 2.36. The molecule has 1 atom stereocenters. The van der Waals surface area contributed by atoms with Gasteiger partial charge in [-0.25, -0.2) is 4.79 Å². The highest BCUT2D eigenvalue weighted by molar-refractivity contribution is 6.34. The van der Waals surface area contributed by atoms with E-state index in [1.807, 2.05) is 0 Å². The fourth-order valence-electron chi connectivity index (χ4n) is 2.41. The minimum atomic E-state index is -1.58. The molecule has 1 aromatic carbocycles. The maximum Gasteiger partial charge on any atom is 0.334 e. The molecule has 0 heterocycles. The van der Waals surface area contributed by atoms with E-state index in [1.54, 1.807) is 19.9 Å². The summed E-state index contributed by atoms with van der Waals surface area (Å²) in [7, 11) is 0. The van der Waals surface area contributed by atoms with Crippen molar-refractivity contribution in [2.45, 2.75) is 39.3 Å². The Morgan fingerprint density at radius 1 is 1.30 bits per heavy atom. The Hall–Kier alpha value is -1.26. The van der Waals surface area contributed by atoms with Crippen LogP contribution in [0.5, 0.6) is 0 Å². The zero-order valence-electron chi connectivity index (χ0n) is 11.8. The van der Waals surface area contributed by atoms with Crippen molar-refractivity contribution in [3.8, 4) is 0 Å². The maximum atomic E-state index is 11.9. The molecule has 1 amide bonds. The zero-order chi connectivity index (χ0) is 15.7. The van der Waals surface area contributed by atoms with Crippen molar-refractivity contribution >= 4 is 35.1 Å². The molecular formula is C14H17Cl2NO3. The highest BCUT2D eigenvalue weighted by atomic mass is 35.5. The van der Waals surface area contributed by atoms with Crippen LogP contribution in [0.1, 0.15) is 33.3 Å². The van der Waals surface area contributed by atoms with Crippen molar-refractivity contribution in [3.63, 3.8) is 0 Å². The fourth-order valence-corrected chi connectivity index (χ4v) is 2.89. The van der Waals surface area contributed by atoms with Gasteiger partial charge >= 0.3 is 5.97 Å². The smallest absolute Gasteiger partial charge is 0.334 e. The van der Waals surface area contributed by atoms with Gasteiger partial charge in [-0.3, -0.25) is 4.79 Å². The van der Waals surface area contributed by atoms with Crippen molar-refractivity contribution in [2.24, 2.45) is 0 Å². The third kappa shape index (κ3) is 2.91. The second-order valence-corrected chi connectivity index (χ2v) is 5.83. The summed E-state index contributed by atoms with van der Waals surface area (Å²) in [5, 5.41) is 10.3. The SMILES string of the molecule is CC(=O)N(C(C)C)C(C)(C(=O)O)c1cc(Cl)ccc1Cl. The van der Waals surface area contributed by atoms with Gasteiger partial charge in [0.15, 0.2) is 5.54 Å². The van der Waals surface area contributed by atoms with E-state index >= 15 is 0 Å². The van der Waals surface area contributed by atoms with Crippen molar-refractivity contribution < 1.29 is 14.7 Å². The molecule has 0 bridgehead atoms. The third-order valence-corrected chi connectivity index (χ3v) is 3.77. The van der Waals surface area contributed by atoms with Crippen molar-refractivity contribution in [1.82, 2.24) is 4.90 Å². The zero-order valence-corrected chi connectivity index (χ0v) is 13.3. The average Bonchev–Trinajstić information content (AvgIpc) is 2.30. The number of aliphatic carboxylic acids is 1. The lowest BCUT2D eigenvalue weighted by atomic mass is 9.88. The lowest BCUT2D eigenvalue weighted by Gasteiger charge is -2.41. The van der Waals surface area contributed by atoms with Crippen LogP contribution in [0, 0.1) is 0 Å². The second kappa shape index (κ2) is 6.02. The monoisotopic (exact) mass is 317 g/mol. The van der Waals surface area contributed by atoms with Crippen LogP contribution in [0.3, 0.4) is 0 Å². The summed E-state index contributed by atoms with van der Waals surface area (Å²) in [5.74, 6) is -1.51. The topological polar surface area (TPSA) is 57.6 Å². The lowest BCUT2D eigenvalue weighted by Crippen LogP contribution is -2.55. The predicted molar refractivity (Wildman–Crippen MR) is 79.1 cm³/mol. The maximum absolute atomic E-state index is 11.9. The Kier molecular flexibility index (Phi) is 5.05. The van der Waals surface area contributed by atoms with Crippen LogP contribution >= 0.6 is 23.2 Å². The fraction of sp³-hybridized carbons (Fsp3) is 0.429. The molecule has 0 aliphatic carbocycles. The number of carboxylic acid groups (broad SMARTS) is 1. The first-order valence-corrected chi connectivity index (χ1v) is 6.86. The van der Waals surface area contributed by atoms with Crippen LogP contribution < -0.4 is 0 Å². The van der Waals surface area contributed by atoms with Crippen LogP contribution in [0.15, 0.2) is 18.2 Å². The average molecular weight is 318 g/mol. The summed E-state index contributed by atoms with van der Waals surface area (Å²) < 4.78 is 0. The minimum Gasteiger partial charge on any atom is -0.479 e. The van der Waals surface area contributed by atoms with Gasteiger partial charge in [-0.2, -0.15) is 0 Å². The van der Waals surface area contributed by atoms with E-state index in [0.717, 1.165) is 0 Å². The van der Waals surface area contributed by atoms with Gasteiger partial charge < -0.3 is 10.0 Å². The Morgan fingerprint density at radius 3 is 2.25 bits per heavy atom. The second-order valence-electron chi connectivity index (χ2n) is 4.98. The molecule has 0 aromatic heterocycles. The molecule has 6 heteroatoms. The van der Waals surface area contributed by atoms with E-state index in [1.165, 1.54) is 30.9 Å². The molecule has 4 nitrogen and oxygen atoms in total. The van der Waals surface area contributed by atoms with Gasteiger partial charge in [-0.1, -0.05) is 23.2 Å². The van der Waals surface area contributed by atoms with E-state index in [4.69, 9.17) is 23.2 Å². The number of hydrogen-bond acceptors (Lipinski definition) is 2. The number of rotatable bonds is 4. The summed E-state index contributed by atoms with van der Waals surface area (Å²) in [4.78, 5) is 25.0. The molecular weight excluding hydrogens is 301 g/mol. The molecule has 1 N–H and O–H groups in total. The van der Waals surface area contributed by atoms with Crippen molar-refractivity contribution in [1.29, 1.82) is 0 Å². The first-order valence-electron chi connectivity index (χ1n) is 6.11. The number of benzene rings is 1. The molecule has 0 aliphatic rings. The van der Waals surface area contributed by atoms with Crippen molar-refractivity contribution in [2.75, 3.05) is 0 Å². The summed E-state index contributed by atoms with van der Waals surface area (Å²) in [6.07, 6.45) is 0. The van der Waals surface area contributed by atoms with E-state index in [9.17, 15) is 14.7 Å². The summed E-state index contributed by atoms with van der Waals surface area (Å²) in [6, 6.07) is 4.28. The minimum absolute atomic E-state index is 0.256. The van der Waals surface area contributed by atoms with Crippen LogP contribution in [0.2, 0.25) is 10.0 Å². The number of carbonyl (C=O) groups is 2. The summed E-state index contributed by atoms with van der Waals surface area (Å²) in [6.45, 7) is 6.29. The van der Waals surface area contributed by atoms with Gasteiger partial charge in [0.25, 0.3) is 0 Å². The number of carbonyl (C=O) groups excluding carboxylic acids is 1. The number of nitrogens with zero attached hydrogens (tertiary/aromatic N) is 1. The molecule has 110 valence electrons. The van der Waals surface area contributed by atoms with E-state index < -0.39 is 11.5 Å². The predicted octanol–water partition coefficient (Wildman–Crippen LogP) is 3.55. The standard InChI is InChI=1S/C14H17Cl2NO3/c1-8(2)17(9(3)18)14(4,13(19)20)11-7-10(15)5-6-12(11)16/h5-8H,1-4H3,(H,19,20). The van der Waals surface area contributed by atoms with Gasteiger partial charge in [0.05, 0.1) is 0 Å². The van der Waals surface area contributed by atoms with Crippen LogP contribution in [-0.2, 0) is 15.1 Å². The van der Waals surface area contributed by atoms with Gasteiger partial charge in [0.2, 0.25) is 5.91 Å². The van der Waals surface area contributed by atoms with Crippen LogP contribution in [0.4, 0.5) is 0 Å². The largest absolute Gasteiger partial charge is 0.479 e. The molecule has 1 aromatic rings. The molecule has 20 heavy (non-hydrogen) atoms. The van der Waals surface area contributed by atoms with Gasteiger partial charge in [0, 0.05) is 28.6 Å². The molecule has 1 rings (SSSR count). The van der Waals surface area contributed by atoms with Crippen molar-refractivity contribution in [3.05, 3.63) is 33.8 Å². The number of halogens is 2. The number of amides is 1. The Balaban J connectivity index is 3.60. The van der Waals surface area contributed by atoms with Crippen LogP contribution in [-0.4, -0.2) is 27.9 Å². The molecule has 1 unspecified atom stereocenters. The van der Waals surface area contributed by atoms with E-state index in [2.05, 4.69) is 0 Å². The van der Waals surface area contributed by atoms with Gasteiger partial charge in [-0.15, -0.1) is 0 Å². The Morgan fingerprint density at radius 2 is 1.85 bits per heavy atom. The molecule has 0 fully saturated rings. The molecule has 0 spiro atoms. The summed E-state index contributed by atoms with van der Waals surface area (Å²) >= 11 is 12.1. The molecule has 0 saturated heterocycles. The van der Waals surface area contributed by atoms with E-state index in [0.29, 0.717) is 10.6 Å². The normalized spacial score (nSPS) is 13.9.